The van der Waals surface area contributed by atoms with E-state index >= 15 is 0 Å². The smallest absolute Gasteiger partial charge is 0.333 e. The van der Waals surface area contributed by atoms with Gasteiger partial charge in [0.2, 0.25) is 0 Å². The molecular weight excluding hydrogens is 1150 g/mol. The third-order valence-corrected chi connectivity index (χ3v) is 18.0. The Hall–Kier alpha value is -9.66. The molecule has 8 aromatic carbocycles. The van der Waals surface area contributed by atoms with Crippen LogP contribution in [0, 0.1) is 0 Å². The number of aryl methyl sites for hydroxylation is 2. The Labute approximate surface area is 551 Å². The summed E-state index contributed by atoms with van der Waals surface area (Å²) < 4.78 is 23.3. The number of carbonyl (C=O) groups excluding carboxylic acids is 4. The highest BCUT2D eigenvalue weighted by atomic mass is 16.6. The molecule has 0 atom stereocenters. The van der Waals surface area contributed by atoms with E-state index in [1.807, 2.05) is 104 Å². The number of ether oxygens (including phenoxy) is 4. The van der Waals surface area contributed by atoms with E-state index in [1.54, 1.807) is 27.7 Å². The van der Waals surface area contributed by atoms with E-state index < -0.39 is 22.4 Å². The van der Waals surface area contributed by atoms with Crippen LogP contribution in [0.1, 0.15) is 185 Å². The van der Waals surface area contributed by atoms with Gasteiger partial charge in [-0.2, -0.15) is 0 Å². The second-order valence-corrected chi connectivity index (χ2v) is 27.1. The van der Waals surface area contributed by atoms with Crippen molar-refractivity contribution < 1.29 is 38.1 Å². The molecule has 8 nitrogen and oxygen atoms in total. The molecule has 0 saturated carbocycles. The summed E-state index contributed by atoms with van der Waals surface area (Å²) in [5, 5.41) is 0. The average Bonchev–Trinajstić information content (AvgIpc) is 1.72. The molecule has 8 aromatic rings. The van der Waals surface area contributed by atoms with Crippen molar-refractivity contribution in [1.29, 1.82) is 0 Å². The quantitative estimate of drug-likeness (QED) is 0.0677. The van der Waals surface area contributed by atoms with Gasteiger partial charge in [0.1, 0.15) is 22.4 Å². The van der Waals surface area contributed by atoms with Gasteiger partial charge in [0.25, 0.3) is 0 Å². The van der Waals surface area contributed by atoms with Crippen LogP contribution in [0.3, 0.4) is 0 Å². The van der Waals surface area contributed by atoms with Gasteiger partial charge in [-0.05, 0) is 191 Å². The minimum absolute atomic E-state index is 0.00991. The van der Waals surface area contributed by atoms with Crippen molar-refractivity contribution in [2.75, 3.05) is 0 Å². The first-order chi connectivity index (χ1) is 44.1. The van der Waals surface area contributed by atoms with E-state index in [0.717, 1.165) is 30.4 Å². The van der Waals surface area contributed by atoms with E-state index in [4.69, 9.17) is 18.9 Å². The van der Waals surface area contributed by atoms with Crippen LogP contribution in [0.4, 0.5) is 0 Å². The van der Waals surface area contributed by atoms with Crippen LogP contribution in [0.5, 0.6) is 0 Å². The Morgan fingerprint density at radius 2 is 0.516 bits per heavy atom. The summed E-state index contributed by atoms with van der Waals surface area (Å²) in [6.07, 6.45) is 7.20. The molecular formula is C85H88O8. The van der Waals surface area contributed by atoms with Crippen molar-refractivity contribution >= 4 is 36.0 Å². The van der Waals surface area contributed by atoms with Crippen LogP contribution in [-0.2, 0) is 57.4 Å². The summed E-state index contributed by atoms with van der Waals surface area (Å²) >= 11 is 0. The predicted molar refractivity (Wildman–Crippen MR) is 377 cm³/mol. The van der Waals surface area contributed by atoms with Crippen molar-refractivity contribution in [3.8, 4) is 11.1 Å². The Morgan fingerprint density at radius 3 is 0.817 bits per heavy atom. The first-order valence-corrected chi connectivity index (χ1v) is 32.0. The van der Waals surface area contributed by atoms with Crippen LogP contribution in [0.25, 0.3) is 23.3 Å². The lowest BCUT2D eigenvalue weighted by Gasteiger charge is -2.39. The minimum Gasteiger partial charge on any atom is -0.455 e. The first kappa shape index (κ1) is 67.7. The van der Waals surface area contributed by atoms with Gasteiger partial charge in [0, 0.05) is 46.0 Å². The molecule has 0 amide bonds. The molecule has 4 aliphatic rings. The summed E-state index contributed by atoms with van der Waals surface area (Å²) in [6.45, 7) is 37.4. The summed E-state index contributed by atoms with van der Waals surface area (Å²) in [7, 11) is 0. The lowest BCUT2D eigenvalue weighted by atomic mass is 9.71. The Balaban J connectivity index is 0.000000146. The number of carbonyl (C=O) groups is 4. The van der Waals surface area contributed by atoms with Crippen LogP contribution < -0.4 is 0 Å². The number of hydrogen-bond donors (Lipinski definition) is 0. The molecule has 0 heterocycles. The van der Waals surface area contributed by atoms with E-state index in [0.29, 0.717) is 22.3 Å². The molecule has 0 bridgehead atoms. The third-order valence-electron chi connectivity index (χ3n) is 18.0. The molecule has 0 spiro atoms. The summed E-state index contributed by atoms with van der Waals surface area (Å²) in [6, 6.07) is 67.1. The maximum atomic E-state index is 12.2. The van der Waals surface area contributed by atoms with Gasteiger partial charge in [-0.1, -0.05) is 233 Å². The maximum Gasteiger partial charge on any atom is 0.333 e. The van der Waals surface area contributed by atoms with E-state index in [1.165, 1.54) is 77.9 Å². The zero-order valence-corrected chi connectivity index (χ0v) is 56.2. The Morgan fingerprint density at radius 1 is 0.301 bits per heavy atom. The molecule has 0 N–H and O–H groups in total. The molecule has 0 unspecified atom stereocenters. The number of fused-ring (bicyclic) bond motifs is 9. The van der Waals surface area contributed by atoms with Crippen molar-refractivity contribution in [2.24, 2.45) is 0 Å². The fraction of sp³-hybridized carbons (Fsp3) is 0.271. The lowest BCUT2D eigenvalue weighted by Crippen LogP contribution is -2.38. The van der Waals surface area contributed by atoms with Crippen molar-refractivity contribution in [3.05, 3.63) is 321 Å². The zero-order chi connectivity index (χ0) is 67.2. The van der Waals surface area contributed by atoms with E-state index in [9.17, 15) is 19.2 Å². The van der Waals surface area contributed by atoms with Gasteiger partial charge in [0.15, 0.2) is 0 Å². The van der Waals surface area contributed by atoms with Crippen LogP contribution in [0.15, 0.2) is 243 Å². The van der Waals surface area contributed by atoms with Gasteiger partial charge in [0.05, 0.1) is 0 Å². The van der Waals surface area contributed by atoms with Gasteiger partial charge in [-0.15, -0.1) is 0 Å². The van der Waals surface area contributed by atoms with Crippen LogP contribution in [-0.4, -0.2) is 46.3 Å². The highest BCUT2D eigenvalue weighted by molar-refractivity contribution is 5.89. The molecule has 93 heavy (non-hydrogen) atoms. The molecule has 0 aliphatic heterocycles. The second-order valence-electron chi connectivity index (χ2n) is 27.1. The zero-order valence-electron chi connectivity index (χ0n) is 56.2. The molecule has 0 saturated heterocycles. The molecule has 12 rings (SSSR count). The first-order valence-electron chi connectivity index (χ1n) is 32.0. The van der Waals surface area contributed by atoms with Gasteiger partial charge < -0.3 is 18.9 Å². The largest absolute Gasteiger partial charge is 0.455 e. The predicted octanol–water partition coefficient (Wildman–Crippen LogP) is 19.3. The summed E-state index contributed by atoms with van der Waals surface area (Å²) in [5.74, 6) is -1.36. The van der Waals surface area contributed by atoms with E-state index in [-0.39, 0.29) is 47.5 Å². The SMILES string of the molecule is C=C(C)C(=O)OC(C)(C)C1c2ccccc2-c2ccccc21.C=C(C)C(=O)OC(C)(C)C1c2ccccc2C=Cc2ccccc21.C=C(C)C(=O)OC(C)(C)C1c2ccccc2CCc2ccccc21.C=C(C)C(=O)OC(C)(C)C1c2ccccc2Cc2ccccc21. The maximum absolute atomic E-state index is 12.2. The van der Waals surface area contributed by atoms with Crippen LogP contribution >= 0.6 is 0 Å². The van der Waals surface area contributed by atoms with Gasteiger partial charge in [-0.3, -0.25) is 0 Å². The van der Waals surface area contributed by atoms with Crippen LogP contribution in [0.2, 0.25) is 0 Å². The monoisotopic (exact) mass is 1240 g/mol. The molecule has 0 aromatic heterocycles. The highest BCUT2D eigenvalue weighted by Crippen LogP contribution is 2.51. The fourth-order valence-corrected chi connectivity index (χ4v) is 13.7. The number of esters is 4. The second kappa shape index (κ2) is 28.1. The minimum atomic E-state index is -0.700. The lowest BCUT2D eigenvalue weighted by molar-refractivity contribution is -0.153. The molecule has 8 heteroatoms. The Kier molecular flexibility index (Phi) is 20.4. The average molecular weight is 1240 g/mol. The molecule has 4 aliphatic carbocycles. The summed E-state index contributed by atoms with van der Waals surface area (Å²) in [5.41, 5.74) is 18.8. The third kappa shape index (κ3) is 15.0. The highest BCUT2D eigenvalue weighted by Gasteiger charge is 2.44. The van der Waals surface area contributed by atoms with Crippen molar-refractivity contribution in [1.82, 2.24) is 0 Å². The number of benzene rings is 8. The number of hydrogen-bond acceptors (Lipinski definition) is 8. The topological polar surface area (TPSA) is 105 Å². The molecule has 0 fully saturated rings. The molecule has 0 radical (unpaired) electrons. The fourth-order valence-electron chi connectivity index (χ4n) is 13.7. The summed E-state index contributed by atoms with van der Waals surface area (Å²) in [4.78, 5) is 48.5. The van der Waals surface area contributed by atoms with Crippen molar-refractivity contribution in [3.63, 3.8) is 0 Å². The Bertz CT molecular complexity index is 3990. The van der Waals surface area contributed by atoms with E-state index in [2.05, 4.69) is 184 Å². The van der Waals surface area contributed by atoms with Gasteiger partial charge in [-0.25, -0.2) is 19.2 Å². The van der Waals surface area contributed by atoms with Gasteiger partial charge >= 0.3 is 23.9 Å². The standard InChI is InChI=1S/C22H24O2.C22H22O2.C21H22O2.C20H20O2/c2*1-15(2)21(23)24-22(3,4)20-18-11-7-5-9-16(18)13-14-17-10-6-8-12-19(17)20;1-14(2)20(22)23-21(3,4)19-17-11-7-5-9-15(17)13-16-10-6-8-12-18(16)19;1-13(2)19(21)22-20(3,4)18-16-11-7-5-9-14(16)15-10-6-8-12-17(15)18/h5-12,20H,1,13-14H2,2-4H3;5-14,20H,1H2,2-4H3;5-12,19H,1,13H2,2-4H3;5-12,18H,1H2,2-4H3. The van der Waals surface area contributed by atoms with Crippen molar-refractivity contribution in [2.45, 2.75) is 148 Å². The molecule has 476 valence electrons. The normalized spacial score (nSPS) is 13.8. The number of rotatable bonds is 12.